The minimum absolute atomic E-state index is 0.0707. The van der Waals surface area contributed by atoms with Crippen LogP contribution in [0.5, 0.6) is 5.75 Å². The predicted octanol–water partition coefficient (Wildman–Crippen LogP) is 1.59. The van der Waals surface area contributed by atoms with Gasteiger partial charge in [0.1, 0.15) is 22.0 Å². The van der Waals surface area contributed by atoms with Crippen LogP contribution in [0, 0.1) is 0 Å². The van der Waals surface area contributed by atoms with Crippen LogP contribution in [-0.2, 0) is 21.1 Å². The van der Waals surface area contributed by atoms with Crippen LogP contribution in [0.1, 0.15) is 19.1 Å². The first-order chi connectivity index (χ1) is 11.7. The molecule has 0 fully saturated rings. The van der Waals surface area contributed by atoms with Gasteiger partial charge in [-0.05, 0) is 25.5 Å². The molecule has 1 heterocycles. The van der Waals surface area contributed by atoms with Gasteiger partial charge in [-0.3, -0.25) is 10.0 Å². The second-order valence-corrected chi connectivity index (χ2v) is 8.27. The molecule has 1 unspecified atom stereocenters. The predicted molar refractivity (Wildman–Crippen MR) is 90.0 cm³/mol. The Balaban J connectivity index is 2.22. The maximum atomic E-state index is 12.0. The topological polar surface area (TPSA) is 119 Å². The van der Waals surface area contributed by atoms with Crippen LogP contribution < -0.4 is 10.2 Å². The highest BCUT2D eigenvalue weighted by atomic mass is 32.2. The van der Waals surface area contributed by atoms with Crippen LogP contribution in [0.2, 0.25) is 0 Å². The van der Waals surface area contributed by atoms with Crippen LogP contribution in [0.4, 0.5) is 0 Å². The van der Waals surface area contributed by atoms with Gasteiger partial charge in [0.25, 0.3) is 5.91 Å². The number of carbonyl (C=O) groups is 1. The van der Waals surface area contributed by atoms with Crippen molar-refractivity contribution in [1.29, 1.82) is 0 Å². The normalized spacial score (nSPS) is 13.9. The van der Waals surface area contributed by atoms with Crippen LogP contribution in [0.3, 0.4) is 0 Å². The molecule has 0 aliphatic heterocycles. The Labute approximate surface area is 145 Å². The summed E-state index contributed by atoms with van der Waals surface area (Å²) in [5.74, 6) is 0.0592. The molecule has 25 heavy (non-hydrogen) atoms. The van der Waals surface area contributed by atoms with Crippen molar-refractivity contribution in [2.45, 2.75) is 24.5 Å². The van der Waals surface area contributed by atoms with Crippen LogP contribution in [0.25, 0.3) is 11.3 Å². The molecule has 2 aromatic rings. The van der Waals surface area contributed by atoms with Gasteiger partial charge < -0.3 is 9.26 Å². The van der Waals surface area contributed by atoms with Gasteiger partial charge in [-0.25, -0.2) is 13.9 Å². The van der Waals surface area contributed by atoms with E-state index in [2.05, 4.69) is 5.16 Å². The largest absolute Gasteiger partial charge is 0.496 e. The lowest BCUT2D eigenvalue weighted by Gasteiger charge is -2.24. The van der Waals surface area contributed by atoms with Crippen LogP contribution >= 0.6 is 0 Å². The van der Waals surface area contributed by atoms with Crippen molar-refractivity contribution in [1.82, 2.24) is 10.6 Å². The number of hydroxylamine groups is 1. The summed E-state index contributed by atoms with van der Waals surface area (Å²) >= 11 is 0. The standard InChI is InChI=1S/C16H20N2O6S/c1-16(15(19)17-20,25(3,21)22)9-8-11-10-13(18-24-11)12-6-4-5-7-14(12)23-2/h4-7,10,20H,8-9H2,1-3H3,(H,17,19). The number of para-hydroxylation sites is 1. The number of aromatic nitrogens is 1. The number of hydrogen-bond donors (Lipinski definition) is 2. The number of nitrogens with one attached hydrogen (secondary N) is 1. The number of aryl methyl sites for hydroxylation is 1. The number of sulfone groups is 1. The van der Waals surface area contributed by atoms with Gasteiger partial charge in [0, 0.05) is 24.3 Å². The zero-order valence-corrected chi connectivity index (χ0v) is 15.0. The third-order valence-electron chi connectivity index (χ3n) is 4.19. The van der Waals surface area contributed by atoms with Crippen molar-refractivity contribution in [3.8, 4) is 17.0 Å². The van der Waals surface area contributed by atoms with Crippen LogP contribution in [0.15, 0.2) is 34.9 Å². The van der Waals surface area contributed by atoms with E-state index in [-0.39, 0.29) is 12.8 Å². The molecule has 2 rings (SSSR count). The smallest absolute Gasteiger partial charge is 0.264 e. The number of carbonyl (C=O) groups excluding carboxylic acids is 1. The van der Waals surface area contributed by atoms with Gasteiger partial charge >= 0.3 is 0 Å². The highest BCUT2D eigenvalue weighted by molar-refractivity contribution is 7.92. The first-order valence-corrected chi connectivity index (χ1v) is 9.35. The number of amides is 1. The lowest BCUT2D eigenvalue weighted by atomic mass is 10.0. The lowest BCUT2D eigenvalue weighted by molar-refractivity contribution is -0.131. The molecule has 1 aromatic carbocycles. The molecule has 0 aliphatic carbocycles. The van der Waals surface area contributed by atoms with Crippen molar-refractivity contribution in [2.75, 3.05) is 13.4 Å². The SMILES string of the molecule is COc1ccccc1-c1cc(CCC(C)(C(=O)NO)S(C)(=O)=O)on1. The Kier molecular flexibility index (Phi) is 5.48. The maximum Gasteiger partial charge on any atom is 0.264 e. The Bertz CT molecular complexity index is 861. The Morgan fingerprint density at radius 1 is 1.40 bits per heavy atom. The van der Waals surface area contributed by atoms with E-state index in [1.165, 1.54) is 12.4 Å². The van der Waals surface area contributed by atoms with Gasteiger partial charge in [0.05, 0.1) is 7.11 Å². The first-order valence-electron chi connectivity index (χ1n) is 7.46. The van der Waals surface area contributed by atoms with Crippen molar-refractivity contribution in [3.05, 3.63) is 36.1 Å². The van der Waals surface area contributed by atoms with Gasteiger partial charge in [0.15, 0.2) is 9.84 Å². The minimum atomic E-state index is -3.76. The molecular weight excluding hydrogens is 348 g/mol. The molecule has 0 bridgehead atoms. The molecule has 9 heteroatoms. The summed E-state index contributed by atoms with van der Waals surface area (Å²) in [5, 5.41) is 12.8. The molecule has 1 aromatic heterocycles. The fourth-order valence-electron chi connectivity index (χ4n) is 2.36. The number of rotatable bonds is 7. The maximum absolute atomic E-state index is 12.0. The molecular formula is C16H20N2O6S. The Morgan fingerprint density at radius 3 is 2.68 bits per heavy atom. The van der Waals surface area contributed by atoms with E-state index < -0.39 is 20.5 Å². The van der Waals surface area contributed by atoms with Crippen LogP contribution in [-0.4, -0.2) is 42.8 Å². The highest BCUT2D eigenvalue weighted by Gasteiger charge is 2.43. The fraction of sp³-hybridized carbons (Fsp3) is 0.375. The van der Waals surface area contributed by atoms with Gasteiger partial charge in [0.2, 0.25) is 0 Å². The lowest BCUT2D eigenvalue weighted by Crippen LogP contribution is -2.49. The quantitative estimate of drug-likeness (QED) is 0.563. The van der Waals surface area contributed by atoms with E-state index in [1.54, 1.807) is 19.2 Å². The van der Waals surface area contributed by atoms with E-state index in [0.717, 1.165) is 11.8 Å². The summed E-state index contributed by atoms with van der Waals surface area (Å²) in [6, 6.07) is 8.93. The second kappa shape index (κ2) is 7.24. The fourth-order valence-corrected chi connectivity index (χ4v) is 3.22. The van der Waals surface area contributed by atoms with Crippen molar-refractivity contribution < 1.29 is 27.7 Å². The van der Waals surface area contributed by atoms with Gasteiger partial charge in [-0.2, -0.15) is 0 Å². The molecule has 1 atom stereocenters. The van der Waals surface area contributed by atoms with E-state index in [0.29, 0.717) is 17.2 Å². The zero-order valence-electron chi connectivity index (χ0n) is 14.1. The van der Waals surface area contributed by atoms with Gasteiger partial charge in [-0.1, -0.05) is 17.3 Å². The minimum Gasteiger partial charge on any atom is -0.496 e. The molecule has 0 saturated carbocycles. The van der Waals surface area contributed by atoms with E-state index in [9.17, 15) is 13.2 Å². The van der Waals surface area contributed by atoms with Crippen molar-refractivity contribution in [2.24, 2.45) is 0 Å². The van der Waals surface area contributed by atoms with Crippen molar-refractivity contribution in [3.63, 3.8) is 0 Å². The molecule has 2 N–H and O–H groups in total. The zero-order chi connectivity index (χ0) is 18.7. The van der Waals surface area contributed by atoms with E-state index >= 15 is 0 Å². The molecule has 0 spiro atoms. The van der Waals surface area contributed by atoms with Gasteiger partial charge in [-0.15, -0.1) is 0 Å². The number of ether oxygens (including phenoxy) is 1. The molecule has 1 amide bonds. The number of methoxy groups -OCH3 is 1. The van der Waals surface area contributed by atoms with E-state index in [1.807, 2.05) is 18.2 Å². The average Bonchev–Trinajstić information content (AvgIpc) is 3.06. The summed E-state index contributed by atoms with van der Waals surface area (Å²) in [7, 11) is -2.21. The Morgan fingerprint density at radius 2 is 2.08 bits per heavy atom. The molecule has 0 aliphatic rings. The monoisotopic (exact) mass is 368 g/mol. The number of hydrogen-bond acceptors (Lipinski definition) is 7. The summed E-state index contributed by atoms with van der Waals surface area (Å²) in [5.41, 5.74) is 2.69. The summed E-state index contributed by atoms with van der Waals surface area (Å²) < 4.78 is 32.6. The molecule has 0 saturated heterocycles. The summed E-state index contributed by atoms with van der Waals surface area (Å²) in [4.78, 5) is 11.8. The molecule has 0 radical (unpaired) electrons. The number of nitrogens with zero attached hydrogens (tertiary/aromatic N) is 1. The third-order valence-corrected chi connectivity index (χ3v) is 6.22. The summed E-state index contributed by atoms with van der Waals surface area (Å²) in [6.45, 7) is 1.26. The molecule has 136 valence electrons. The second-order valence-electron chi connectivity index (χ2n) is 5.82. The highest BCUT2D eigenvalue weighted by Crippen LogP contribution is 2.30. The number of benzene rings is 1. The third kappa shape index (κ3) is 3.83. The van der Waals surface area contributed by atoms with Crippen molar-refractivity contribution >= 4 is 15.7 Å². The van der Waals surface area contributed by atoms with E-state index in [4.69, 9.17) is 14.5 Å². The average molecular weight is 368 g/mol. The summed E-state index contributed by atoms with van der Waals surface area (Å²) in [6.07, 6.45) is 1.03. The molecule has 8 nitrogen and oxygen atoms in total. The first kappa shape index (κ1) is 18.9. The Hall–Kier alpha value is -2.39.